The van der Waals surface area contributed by atoms with Crippen LogP contribution in [0.5, 0.6) is 5.75 Å². The second kappa shape index (κ2) is 5.90. The number of para-hydroxylation sites is 1. The van der Waals surface area contributed by atoms with E-state index in [-0.39, 0.29) is 0 Å². The molecule has 0 heterocycles. The highest BCUT2D eigenvalue weighted by atomic mass is 16.5. The zero-order valence-electron chi connectivity index (χ0n) is 10.0. The minimum Gasteiger partial charge on any atom is -0.493 e. The van der Waals surface area contributed by atoms with Gasteiger partial charge in [-0.15, -0.1) is 0 Å². The topological polar surface area (TPSA) is 21.3 Å². The third-order valence-electron chi connectivity index (χ3n) is 2.89. The van der Waals surface area contributed by atoms with E-state index in [2.05, 4.69) is 30.4 Å². The van der Waals surface area contributed by atoms with E-state index in [1.54, 1.807) is 0 Å². The largest absolute Gasteiger partial charge is 0.493 e. The third-order valence-corrected chi connectivity index (χ3v) is 2.89. The predicted octanol–water partition coefficient (Wildman–Crippen LogP) is 3.12. The molecular weight excluding hydrogens is 198 g/mol. The zero-order chi connectivity index (χ0) is 11.2. The molecule has 0 atom stereocenters. The molecule has 1 aromatic rings. The lowest BCUT2D eigenvalue weighted by molar-refractivity contribution is 0.305. The van der Waals surface area contributed by atoms with E-state index in [0.29, 0.717) is 0 Å². The Kier molecular flexibility index (Phi) is 4.23. The lowest BCUT2D eigenvalue weighted by Gasteiger charge is -2.11. The van der Waals surface area contributed by atoms with Crippen molar-refractivity contribution in [1.29, 1.82) is 0 Å². The van der Waals surface area contributed by atoms with Crippen molar-refractivity contribution in [3.05, 3.63) is 29.8 Å². The Bertz CT molecular complexity index is 320. The Hall–Kier alpha value is -1.02. The van der Waals surface area contributed by atoms with Crippen LogP contribution >= 0.6 is 0 Å². The van der Waals surface area contributed by atoms with Gasteiger partial charge in [0.25, 0.3) is 0 Å². The van der Waals surface area contributed by atoms with Gasteiger partial charge in [0, 0.05) is 18.2 Å². The summed E-state index contributed by atoms with van der Waals surface area (Å²) in [6.45, 7) is 3.95. The smallest absolute Gasteiger partial charge is 0.123 e. The number of unbranched alkanes of at least 4 members (excludes halogenated alkanes) is 1. The first kappa shape index (κ1) is 11.5. The first-order valence-corrected chi connectivity index (χ1v) is 6.34. The number of rotatable bonds is 7. The molecule has 1 aliphatic rings. The maximum atomic E-state index is 5.79. The highest BCUT2D eigenvalue weighted by molar-refractivity contribution is 5.33. The van der Waals surface area contributed by atoms with E-state index in [1.165, 1.54) is 24.8 Å². The Balaban J connectivity index is 1.87. The molecule has 2 rings (SSSR count). The predicted molar refractivity (Wildman–Crippen MR) is 66.7 cm³/mol. The maximum Gasteiger partial charge on any atom is 0.123 e. The summed E-state index contributed by atoms with van der Waals surface area (Å²) in [6.07, 6.45) is 4.98. The molecule has 0 radical (unpaired) electrons. The van der Waals surface area contributed by atoms with Crippen molar-refractivity contribution in [1.82, 2.24) is 5.32 Å². The van der Waals surface area contributed by atoms with Crippen molar-refractivity contribution in [3.8, 4) is 5.75 Å². The minimum absolute atomic E-state index is 0.753. The third kappa shape index (κ3) is 3.53. The van der Waals surface area contributed by atoms with Crippen LogP contribution in [0.2, 0.25) is 0 Å². The monoisotopic (exact) mass is 219 g/mol. The second-order valence-corrected chi connectivity index (χ2v) is 4.46. The van der Waals surface area contributed by atoms with Crippen LogP contribution in [0, 0.1) is 0 Å². The van der Waals surface area contributed by atoms with Crippen LogP contribution in [-0.2, 0) is 6.54 Å². The van der Waals surface area contributed by atoms with Crippen molar-refractivity contribution in [2.45, 2.75) is 45.2 Å². The van der Waals surface area contributed by atoms with E-state index in [0.717, 1.165) is 31.4 Å². The Morgan fingerprint density at radius 1 is 1.31 bits per heavy atom. The molecule has 0 amide bonds. The van der Waals surface area contributed by atoms with Gasteiger partial charge in [-0.25, -0.2) is 0 Å². The molecule has 2 nitrogen and oxygen atoms in total. The van der Waals surface area contributed by atoms with E-state index >= 15 is 0 Å². The number of hydrogen-bond donors (Lipinski definition) is 1. The van der Waals surface area contributed by atoms with Gasteiger partial charge in [0.2, 0.25) is 0 Å². The second-order valence-electron chi connectivity index (χ2n) is 4.46. The summed E-state index contributed by atoms with van der Waals surface area (Å²) >= 11 is 0. The number of hydrogen-bond acceptors (Lipinski definition) is 2. The SMILES string of the molecule is CCCCOc1ccccc1CNC1CC1. The van der Waals surface area contributed by atoms with Gasteiger partial charge in [0.05, 0.1) is 6.61 Å². The zero-order valence-corrected chi connectivity index (χ0v) is 10.0. The fourth-order valence-electron chi connectivity index (χ4n) is 1.66. The average molecular weight is 219 g/mol. The van der Waals surface area contributed by atoms with Crippen LogP contribution in [0.25, 0.3) is 0 Å². The van der Waals surface area contributed by atoms with Gasteiger partial charge in [0.15, 0.2) is 0 Å². The summed E-state index contributed by atoms with van der Waals surface area (Å²) in [7, 11) is 0. The van der Waals surface area contributed by atoms with E-state index in [4.69, 9.17) is 4.74 Å². The molecule has 0 unspecified atom stereocenters. The molecule has 16 heavy (non-hydrogen) atoms. The summed E-state index contributed by atoms with van der Waals surface area (Å²) < 4.78 is 5.79. The van der Waals surface area contributed by atoms with Gasteiger partial charge in [-0.1, -0.05) is 31.5 Å². The van der Waals surface area contributed by atoms with Crippen LogP contribution < -0.4 is 10.1 Å². The Morgan fingerprint density at radius 3 is 2.88 bits per heavy atom. The van der Waals surface area contributed by atoms with E-state index in [9.17, 15) is 0 Å². The first-order chi connectivity index (χ1) is 7.90. The minimum atomic E-state index is 0.753. The summed E-state index contributed by atoms with van der Waals surface area (Å²) in [4.78, 5) is 0. The Labute approximate surface area is 98.0 Å². The summed E-state index contributed by atoms with van der Waals surface area (Å²) in [5.74, 6) is 1.05. The number of benzene rings is 1. The summed E-state index contributed by atoms with van der Waals surface area (Å²) in [5.41, 5.74) is 1.28. The number of nitrogens with one attached hydrogen (secondary N) is 1. The molecule has 0 saturated heterocycles. The molecule has 1 saturated carbocycles. The molecule has 0 bridgehead atoms. The molecule has 0 aliphatic heterocycles. The lowest BCUT2D eigenvalue weighted by atomic mass is 10.2. The van der Waals surface area contributed by atoms with E-state index in [1.807, 2.05) is 6.07 Å². The molecule has 2 heteroatoms. The van der Waals surface area contributed by atoms with Crippen molar-refractivity contribution in [3.63, 3.8) is 0 Å². The van der Waals surface area contributed by atoms with Gasteiger partial charge in [-0.05, 0) is 25.3 Å². The average Bonchev–Trinajstić information content (AvgIpc) is 3.12. The van der Waals surface area contributed by atoms with Crippen LogP contribution in [0.3, 0.4) is 0 Å². The van der Waals surface area contributed by atoms with Crippen LogP contribution in [0.15, 0.2) is 24.3 Å². The van der Waals surface area contributed by atoms with Gasteiger partial charge in [-0.2, -0.15) is 0 Å². The van der Waals surface area contributed by atoms with E-state index < -0.39 is 0 Å². The van der Waals surface area contributed by atoms with Crippen molar-refractivity contribution >= 4 is 0 Å². The molecular formula is C14H21NO. The molecule has 1 N–H and O–H groups in total. The fraction of sp³-hybridized carbons (Fsp3) is 0.571. The highest BCUT2D eigenvalue weighted by Crippen LogP contribution is 2.22. The maximum absolute atomic E-state index is 5.79. The van der Waals surface area contributed by atoms with Gasteiger partial charge >= 0.3 is 0 Å². The standard InChI is InChI=1S/C14H21NO/c1-2-3-10-16-14-7-5-4-6-12(14)11-15-13-8-9-13/h4-7,13,15H,2-3,8-11H2,1H3. The quantitative estimate of drug-likeness (QED) is 0.711. The van der Waals surface area contributed by atoms with Crippen LogP contribution in [0.4, 0.5) is 0 Å². The molecule has 88 valence electrons. The fourth-order valence-corrected chi connectivity index (χ4v) is 1.66. The number of ether oxygens (including phenoxy) is 1. The van der Waals surface area contributed by atoms with Crippen molar-refractivity contribution in [2.24, 2.45) is 0 Å². The normalized spacial score (nSPS) is 15.1. The van der Waals surface area contributed by atoms with Crippen LogP contribution in [-0.4, -0.2) is 12.6 Å². The summed E-state index contributed by atoms with van der Waals surface area (Å²) in [5, 5.41) is 3.52. The first-order valence-electron chi connectivity index (χ1n) is 6.34. The highest BCUT2D eigenvalue weighted by Gasteiger charge is 2.20. The molecule has 1 aliphatic carbocycles. The molecule has 0 aromatic heterocycles. The van der Waals surface area contributed by atoms with Crippen LogP contribution in [0.1, 0.15) is 38.2 Å². The van der Waals surface area contributed by atoms with Gasteiger partial charge in [0.1, 0.15) is 5.75 Å². The molecule has 1 aromatic carbocycles. The molecule has 1 fully saturated rings. The van der Waals surface area contributed by atoms with Gasteiger partial charge in [-0.3, -0.25) is 0 Å². The van der Waals surface area contributed by atoms with Crippen molar-refractivity contribution < 1.29 is 4.74 Å². The molecule has 0 spiro atoms. The summed E-state index contributed by atoms with van der Waals surface area (Å²) in [6, 6.07) is 9.10. The lowest BCUT2D eigenvalue weighted by Crippen LogP contribution is -2.16. The van der Waals surface area contributed by atoms with Gasteiger partial charge < -0.3 is 10.1 Å². The van der Waals surface area contributed by atoms with Crippen molar-refractivity contribution in [2.75, 3.05) is 6.61 Å². The Morgan fingerprint density at radius 2 is 2.12 bits per heavy atom.